The lowest BCUT2D eigenvalue weighted by Crippen LogP contribution is -2.39. The van der Waals surface area contributed by atoms with Crippen molar-refractivity contribution >= 4 is 16.8 Å². The van der Waals surface area contributed by atoms with Crippen molar-refractivity contribution in [3.63, 3.8) is 0 Å². The number of carbonyl (C=O) groups is 1. The maximum atomic E-state index is 12.8. The monoisotopic (exact) mass is 324 g/mol. The molecule has 0 spiro atoms. The average molecular weight is 324 g/mol. The van der Waals surface area contributed by atoms with E-state index >= 15 is 0 Å². The van der Waals surface area contributed by atoms with E-state index in [9.17, 15) is 15.0 Å². The Morgan fingerprint density at radius 2 is 1.88 bits per heavy atom. The van der Waals surface area contributed by atoms with Gasteiger partial charge in [0.1, 0.15) is 11.5 Å². The van der Waals surface area contributed by atoms with Crippen LogP contribution >= 0.6 is 0 Å². The molecule has 124 valence electrons. The van der Waals surface area contributed by atoms with Crippen LogP contribution in [-0.4, -0.2) is 16.0 Å². The molecule has 24 heavy (non-hydrogen) atoms. The van der Waals surface area contributed by atoms with Gasteiger partial charge in [-0.25, -0.2) is 0 Å². The summed E-state index contributed by atoms with van der Waals surface area (Å²) in [6.07, 6.45) is 6.45. The topological polar surface area (TPSA) is 70.7 Å². The van der Waals surface area contributed by atoms with Crippen molar-refractivity contribution < 1.29 is 19.4 Å². The Bertz CT molecular complexity index is 971. The van der Waals surface area contributed by atoms with Gasteiger partial charge in [0.15, 0.2) is 17.1 Å². The van der Waals surface area contributed by atoms with Crippen LogP contribution < -0.4 is 0 Å². The zero-order chi connectivity index (χ0) is 17.4. The molecule has 1 aromatic heterocycles. The zero-order valence-corrected chi connectivity index (χ0v) is 14.2. The first kappa shape index (κ1) is 15.1. The third-order valence-corrected chi connectivity index (χ3v) is 5.47. The molecule has 4 nitrogen and oxygen atoms in total. The van der Waals surface area contributed by atoms with Crippen LogP contribution in [0.5, 0.6) is 11.5 Å². The van der Waals surface area contributed by atoms with Crippen molar-refractivity contribution in [1.29, 1.82) is 0 Å². The smallest absolute Gasteiger partial charge is 0.190 e. The molecule has 1 atom stereocenters. The quantitative estimate of drug-likeness (QED) is 0.552. The molecule has 2 N–H and O–H groups in total. The summed E-state index contributed by atoms with van der Waals surface area (Å²) in [5.74, 6) is 0.156. The molecule has 1 heterocycles. The minimum atomic E-state index is -0.558. The van der Waals surface area contributed by atoms with E-state index in [2.05, 4.69) is 26.0 Å². The van der Waals surface area contributed by atoms with Gasteiger partial charge in [0, 0.05) is 16.4 Å². The van der Waals surface area contributed by atoms with Crippen LogP contribution in [0.1, 0.15) is 48.9 Å². The van der Waals surface area contributed by atoms with Crippen LogP contribution in [0, 0.1) is 12.3 Å². The fourth-order valence-electron chi connectivity index (χ4n) is 4.41. The highest BCUT2D eigenvalue weighted by Gasteiger charge is 2.48. The number of allylic oxidation sites excluding steroid dienone is 4. The van der Waals surface area contributed by atoms with Gasteiger partial charge in [-0.1, -0.05) is 32.9 Å². The Labute approximate surface area is 140 Å². The van der Waals surface area contributed by atoms with E-state index in [4.69, 9.17) is 4.42 Å². The van der Waals surface area contributed by atoms with Crippen LogP contribution in [0.2, 0.25) is 0 Å². The van der Waals surface area contributed by atoms with Gasteiger partial charge < -0.3 is 14.6 Å². The van der Waals surface area contributed by atoms with Crippen LogP contribution in [0.25, 0.3) is 11.0 Å². The van der Waals surface area contributed by atoms with Crippen molar-refractivity contribution in [2.75, 3.05) is 0 Å². The van der Waals surface area contributed by atoms with Crippen LogP contribution in [0.4, 0.5) is 0 Å². The summed E-state index contributed by atoms with van der Waals surface area (Å²) in [5.41, 5.74) is 1.01. The standard InChI is InChI=1S/C20H20O4/c1-10-8-11-16(22)14-12(21)9-13-19(2,3)6-5-7-20(13,4)15(14)17(23)18(11)24-10/h5-6,8-9,22-23H,7H2,1-4H3. The summed E-state index contributed by atoms with van der Waals surface area (Å²) < 4.78 is 5.60. The molecule has 2 aromatic rings. The summed E-state index contributed by atoms with van der Waals surface area (Å²) in [6.45, 7) is 7.86. The SMILES string of the molecule is Cc1cc2c(O)c3c(c(O)c2o1)C1(C)CC=CC(C)(C)C1=CC3=O. The molecule has 0 radical (unpaired) electrons. The minimum absolute atomic E-state index is 0.0431. The molecule has 0 saturated heterocycles. The van der Waals surface area contributed by atoms with Crippen LogP contribution in [0.15, 0.2) is 34.3 Å². The van der Waals surface area contributed by atoms with E-state index in [0.717, 1.165) is 5.57 Å². The first-order valence-corrected chi connectivity index (χ1v) is 8.10. The number of phenols is 2. The second kappa shape index (κ2) is 4.32. The Balaban J connectivity index is 2.16. The van der Waals surface area contributed by atoms with Crippen molar-refractivity contribution in [3.05, 3.63) is 46.8 Å². The number of furan rings is 1. The summed E-state index contributed by atoms with van der Waals surface area (Å²) >= 11 is 0. The molecule has 0 fully saturated rings. The maximum absolute atomic E-state index is 12.8. The van der Waals surface area contributed by atoms with E-state index < -0.39 is 5.41 Å². The molecule has 0 amide bonds. The Morgan fingerprint density at radius 3 is 2.58 bits per heavy atom. The van der Waals surface area contributed by atoms with Crippen LogP contribution in [0.3, 0.4) is 0 Å². The fourth-order valence-corrected chi connectivity index (χ4v) is 4.41. The van der Waals surface area contributed by atoms with Gasteiger partial charge in [0.05, 0.1) is 10.9 Å². The molecule has 4 heteroatoms. The lowest BCUT2D eigenvalue weighted by Gasteiger charge is -2.45. The van der Waals surface area contributed by atoms with Crippen molar-refractivity contribution in [2.24, 2.45) is 5.41 Å². The molecule has 0 bridgehead atoms. The molecule has 1 aromatic carbocycles. The molecule has 4 rings (SSSR count). The highest BCUT2D eigenvalue weighted by Crippen LogP contribution is 2.57. The zero-order valence-electron chi connectivity index (χ0n) is 14.2. The summed E-state index contributed by atoms with van der Waals surface area (Å²) in [4.78, 5) is 12.8. The number of rotatable bonds is 0. The van der Waals surface area contributed by atoms with E-state index in [-0.39, 0.29) is 33.8 Å². The molecular formula is C20H20O4. The van der Waals surface area contributed by atoms with Gasteiger partial charge in [-0.2, -0.15) is 0 Å². The van der Waals surface area contributed by atoms with Gasteiger partial charge in [0.2, 0.25) is 0 Å². The number of carbonyl (C=O) groups excluding carboxylic acids is 1. The number of aryl methyl sites for hydroxylation is 1. The summed E-state index contributed by atoms with van der Waals surface area (Å²) in [7, 11) is 0. The summed E-state index contributed by atoms with van der Waals surface area (Å²) in [6, 6.07) is 1.64. The number of ketones is 1. The molecule has 2 aliphatic carbocycles. The van der Waals surface area contributed by atoms with Gasteiger partial charge >= 0.3 is 0 Å². The van der Waals surface area contributed by atoms with Gasteiger partial charge in [-0.05, 0) is 31.1 Å². The number of benzene rings is 1. The molecule has 0 aliphatic heterocycles. The van der Waals surface area contributed by atoms with E-state index in [1.165, 1.54) is 0 Å². The van der Waals surface area contributed by atoms with Crippen molar-refractivity contribution in [3.8, 4) is 11.5 Å². The normalized spacial score (nSPS) is 24.7. The van der Waals surface area contributed by atoms with E-state index in [1.807, 2.05) is 6.92 Å². The lowest BCUT2D eigenvalue weighted by atomic mass is 9.57. The first-order chi connectivity index (χ1) is 11.2. The number of hydrogen-bond acceptors (Lipinski definition) is 4. The Hall–Kier alpha value is -2.49. The van der Waals surface area contributed by atoms with Crippen molar-refractivity contribution in [2.45, 2.75) is 39.5 Å². The van der Waals surface area contributed by atoms with Gasteiger partial charge in [-0.3, -0.25) is 4.79 Å². The highest BCUT2D eigenvalue weighted by atomic mass is 16.4. The fraction of sp³-hybridized carbons (Fsp3) is 0.350. The average Bonchev–Trinajstić information content (AvgIpc) is 2.88. The van der Waals surface area contributed by atoms with Crippen LogP contribution in [-0.2, 0) is 5.41 Å². The number of phenolic OH excluding ortho intramolecular Hbond substituents is 2. The van der Waals surface area contributed by atoms with E-state index in [0.29, 0.717) is 23.1 Å². The van der Waals surface area contributed by atoms with Gasteiger partial charge in [0.25, 0.3) is 0 Å². The van der Waals surface area contributed by atoms with E-state index in [1.54, 1.807) is 19.1 Å². The largest absolute Gasteiger partial charge is 0.506 e. The number of hydrogen-bond donors (Lipinski definition) is 2. The number of fused-ring (bicyclic) bond motifs is 4. The predicted molar refractivity (Wildman–Crippen MR) is 91.6 cm³/mol. The van der Waals surface area contributed by atoms with Crippen molar-refractivity contribution in [1.82, 2.24) is 0 Å². The van der Waals surface area contributed by atoms with Gasteiger partial charge in [-0.15, -0.1) is 0 Å². The predicted octanol–water partition coefficient (Wildman–Crippen LogP) is 4.52. The highest BCUT2D eigenvalue weighted by molar-refractivity contribution is 6.15. The maximum Gasteiger partial charge on any atom is 0.190 e. The first-order valence-electron chi connectivity index (χ1n) is 8.10. The third kappa shape index (κ3) is 1.66. The second-order valence-corrected chi connectivity index (χ2v) is 7.63. The molecule has 1 unspecified atom stereocenters. The molecule has 0 saturated carbocycles. The molecular weight excluding hydrogens is 304 g/mol. The Morgan fingerprint density at radius 1 is 1.17 bits per heavy atom. The third-order valence-electron chi connectivity index (χ3n) is 5.47. The molecule has 2 aliphatic rings. The Kier molecular flexibility index (Phi) is 2.71. The lowest BCUT2D eigenvalue weighted by molar-refractivity contribution is 0.103. The second-order valence-electron chi connectivity index (χ2n) is 7.63. The number of aromatic hydroxyl groups is 2. The minimum Gasteiger partial charge on any atom is -0.506 e. The summed E-state index contributed by atoms with van der Waals surface area (Å²) in [5, 5.41) is 22.0.